The van der Waals surface area contributed by atoms with Gasteiger partial charge in [0.1, 0.15) is 11.6 Å². The summed E-state index contributed by atoms with van der Waals surface area (Å²) in [7, 11) is 1.62. The number of thioether (sulfide) groups is 1. The van der Waals surface area contributed by atoms with E-state index in [1.807, 2.05) is 53.1 Å². The molecular formula is C26H23FN4O2S. The highest BCUT2D eigenvalue weighted by atomic mass is 32.2. The van der Waals surface area contributed by atoms with Gasteiger partial charge in [-0.15, -0.1) is 10.2 Å². The zero-order valence-corrected chi connectivity index (χ0v) is 19.4. The number of ether oxygens (including phenoxy) is 1. The maximum absolute atomic E-state index is 13.6. The molecule has 0 atom stereocenters. The minimum Gasteiger partial charge on any atom is -0.497 e. The van der Waals surface area contributed by atoms with Gasteiger partial charge in [0.2, 0.25) is 0 Å². The van der Waals surface area contributed by atoms with Gasteiger partial charge in [-0.1, -0.05) is 36.0 Å². The molecule has 1 fully saturated rings. The molecule has 0 bridgehead atoms. The predicted octanol–water partition coefficient (Wildman–Crippen LogP) is 5.27. The van der Waals surface area contributed by atoms with E-state index in [9.17, 15) is 9.18 Å². The third-order valence-electron chi connectivity index (χ3n) is 5.54. The molecule has 1 saturated carbocycles. The van der Waals surface area contributed by atoms with Crippen molar-refractivity contribution in [2.45, 2.75) is 29.8 Å². The van der Waals surface area contributed by atoms with Gasteiger partial charge in [-0.2, -0.15) is 0 Å². The summed E-state index contributed by atoms with van der Waals surface area (Å²) in [4.78, 5) is 12.2. The molecule has 1 aromatic heterocycles. The van der Waals surface area contributed by atoms with Crippen molar-refractivity contribution in [2.75, 3.05) is 7.11 Å². The van der Waals surface area contributed by atoms with Crippen LogP contribution in [0.1, 0.15) is 28.8 Å². The fraction of sp³-hybridized carbons (Fsp3) is 0.192. The first kappa shape index (κ1) is 22.2. The standard InChI is InChI=1S/C26H23FN4O2S/c1-33-23-4-2-3-19(15-23)24-29-30-26(31(24)22-13-9-20(27)10-14-22)34-16-17-5-7-18(8-6-17)25(32)28-21-11-12-21/h2-10,13-15,21H,11-12,16H2,1H3,(H,28,32). The summed E-state index contributed by atoms with van der Waals surface area (Å²) in [6, 6.07) is 21.8. The van der Waals surface area contributed by atoms with E-state index in [2.05, 4.69) is 15.5 Å². The summed E-state index contributed by atoms with van der Waals surface area (Å²) in [6.07, 6.45) is 2.12. The average molecular weight is 475 g/mol. The van der Waals surface area contributed by atoms with Crippen molar-refractivity contribution in [1.29, 1.82) is 0 Å². The maximum atomic E-state index is 13.6. The number of carbonyl (C=O) groups is 1. The van der Waals surface area contributed by atoms with Crippen molar-refractivity contribution < 1.29 is 13.9 Å². The predicted molar refractivity (Wildman–Crippen MR) is 130 cm³/mol. The molecule has 0 saturated heterocycles. The monoisotopic (exact) mass is 474 g/mol. The quantitative estimate of drug-likeness (QED) is 0.353. The summed E-state index contributed by atoms with van der Waals surface area (Å²) >= 11 is 1.52. The Labute approximate surface area is 201 Å². The summed E-state index contributed by atoms with van der Waals surface area (Å²) in [5.74, 6) is 1.66. The minimum atomic E-state index is -0.306. The molecule has 5 rings (SSSR count). The Bertz CT molecular complexity index is 1300. The first-order chi connectivity index (χ1) is 16.6. The van der Waals surface area contributed by atoms with E-state index in [0.29, 0.717) is 34.1 Å². The van der Waals surface area contributed by atoms with Crippen LogP contribution in [0.5, 0.6) is 5.75 Å². The number of benzene rings is 3. The lowest BCUT2D eigenvalue weighted by Crippen LogP contribution is -2.25. The third-order valence-corrected chi connectivity index (χ3v) is 6.54. The van der Waals surface area contributed by atoms with Gasteiger partial charge in [-0.3, -0.25) is 9.36 Å². The topological polar surface area (TPSA) is 69.0 Å². The van der Waals surface area contributed by atoms with Gasteiger partial charge in [0, 0.05) is 28.6 Å². The van der Waals surface area contributed by atoms with Gasteiger partial charge < -0.3 is 10.1 Å². The Hall–Kier alpha value is -3.65. The molecule has 1 N–H and O–H groups in total. The Balaban J connectivity index is 1.40. The number of hydrogen-bond donors (Lipinski definition) is 1. The fourth-order valence-corrected chi connectivity index (χ4v) is 4.44. The van der Waals surface area contributed by atoms with Crippen LogP contribution in [0.3, 0.4) is 0 Å². The molecular weight excluding hydrogens is 451 g/mol. The second-order valence-corrected chi connectivity index (χ2v) is 9.03. The van der Waals surface area contributed by atoms with Gasteiger partial charge >= 0.3 is 0 Å². The van der Waals surface area contributed by atoms with Crippen LogP contribution in [0.2, 0.25) is 0 Å². The van der Waals surface area contributed by atoms with Gasteiger partial charge in [-0.25, -0.2) is 4.39 Å². The molecule has 0 unspecified atom stereocenters. The van der Waals surface area contributed by atoms with Crippen LogP contribution in [0.25, 0.3) is 17.1 Å². The van der Waals surface area contributed by atoms with Crippen molar-refractivity contribution in [3.05, 3.63) is 89.7 Å². The smallest absolute Gasteiger partial charge is 0.251 e. The van der Waals surface area contributed by atoms with E-state index in [0.717, 1.165) is 29.7 Å². The largest absolute Gasteiger partial charge is 0.497 e. The van der Waals surface area contributed by atoms with Crippen LogP contribution < -0.4 is 10.1 Å². The summed E-state index contributed by atoms with van der Waals surface area (Å²) < 4.78 is 20.9. The van der Waals surface area contributed by atoms with Crippen LogP contribution in [0, 0.1) is 5.82 Å². The molecule has 172 valence electrons. The zero-order chi connectivity index (χ0) is 23.5. The maximum Gasteiger partial charge on any atom is 0.251 e. The normalized spacial score (nSPS) is 13.0. The summed E-state index contributed by atoms with van der Waals surface area (Å²) in [6.45, 7) is 0. The molecule has 34 heavy (non-hydrogen) atoms. The molecule has 0 spiro atoms. The number of aromatic nitrogens is 3. The van der Waals surface area contributed by atoms with Crippen molar-refractivity contribution in [1.82, 2.24) is 20.1 Å². The van der Waals surface area contributed by atoms with Gasteiger partial charge in [-0.05, 0) is 66.9 Å². The van der Waals surface area contributed by atoms with Crippen LogP contribution in [0.4, 0.5) is 4.39 Å². The number of amides is 1. The van der Waals surface area contributed by atoms with Crippen LogP contribution in [-0.4, -0.2) is 33.8 Å². The fourth-order valence-electron chi connectivity index (χ4n) is 3.53. The summed E-state index contributed by atoms with van der Waals surface area (Å²) in [5, 5.41) is 12.5. The first-order valence-corrected chi connectivity index (χ1v) is 12.0. The molecule has 4 aromatic rings. The highest BCUT2D eigenvalue weighted by Gasteiger charge is 2.23. The van der Waals surface area contributed by atoms with Gasteiger partial charge in [0.25, 0.3) is 5.91 Å². The van der Waals surface area contributed by atoms with E-state index in [4.69, 9.17) is 4.74 Å². The van der Waals surface area contributed by atoms with E-state index in [1.54, 1.807) is 19.2 Å². The number of rotatable bonds is 8. The van der Waals surface area contributed by atoms with Crippen molar-refractivity contribution in [3.63, 3.8) is 0 Å². The third kappa shape index (κ3) is 4.97. The Morgan fingerprint density at radius 2 is 1.85 bits per heavy atom. The molecule has 1 heterocycles. The van der Waals surface area contributed by atoms with Gasteiger partial charge in [0.05, 0.1) is 7.11 Å². The molecule has 6 nitrogen and oxygen atoms in total. The molecule has 8 heteroatoms. The van der Waals surface area contributed by atoms with Crippen LogP contribution in [-0.2, 0) is 5.75 Å². The molecule has 1 aliphatic rings. The Kier molecular flexibility index (Phi) is 6.31. The molecule has 0 aliphatic heterocycles. The number of halogens is 1. The first-order valence-electron chi connectivity index (χ1n) is 11.0. The average Bonchev–Trinajstić information content (AvgIpc) is 3.59. The Morgan fingerprint density at radius 1 is 1.09 bits per heavy atom. The van der Waals surface area contributed by atoms with E-state index in [1.165, 1.54) is 23.9 Å². The molecule has 3 aromatic carbocycles. The number of carbonyl (C=O) groups excluding carboxylic acids is 1. The van der Waals surface area contributed by atoms with Crippen LogP contribution in [0.15, 0.2) is 78.0 Å². The minimum absolute atomic E-state index is 0.0271. The highest BCUT2D eigenvalue weighted by Crippen LogP contribution is 2.31. The van der Waals surface area contributed by atoms with Crippen molar-refractivity contribution >= 4 is 17.7 Å². The lowest BCUT2D eigenvalue weighted by Gasteiger charge is -2.11. The number of nitrogens with zero attached hydrogens (tertiary/aromatic N) is 3. The highest BCUT2D eigenvalue weighted by molar-refractivity contribution is 7.98. The van der Waals surface area contributed by atoms with E-state index in [-0.39, 0.29) is 11.7 Å². The second-order valence-electron chi connectivity index (χ2n) is 8.08. The van der Waals surface area contributed by atoms with Crippen molar-refractivity contribution in [2.24, 2.45) is 0 Å². The SMILES string of the molecule is COc1cccc(-c2nnc(SCc3ccc(C(=O)NC4CC4)cc3)n2-c2ccc(F)cc2)c1. The second kappa shape index (κ2) is 9.69. The van der Waals surface area contributed by atoms with E-state index < -0.39 is 0 Å². The molecule has 1 amide bonds. The lowest BCUT2D eigenvalue weighted by molar-refractivity contribution is 0.0951. The lowest BCUT2D eigenvalue weighted by atomic mass is 10.1. The number of hydrogen-bond acceptors (Lipinski definition) is 5. The number of methoxy groups -OCH3 is 1. The molecule has 0 radical (unpaired) electrons. The molecule has 1 aliphatic carbocycles. The van der Waals surface area contributed by atoms with Gasteiger partial charge in [0.15, 0.2) is 11.0 Å². The van der Waals surface area contributed by atoms with Crippen molar-refractivity contribution in [3.8, 4) is 22.8 Å². The van der Waals surface area contributed by atoms with Crippen LogP contribution >= 0.6 is 11.8 Å². The zero-order valence-electron chi connectivity index (χ0n) is 18.6. The van der Waals surface area contributed by atoms with E-state index >= 15 is 0 Å². The summed E-state index contributed by atoms with van der Waals surface area (Å²) in [5.41, 5.74) is 3.33. The Morgan fingerprint density at radius 3 is 2.56 bits per heavy atom. The number of nitrogens with one attached hydrogen (secondary N) is 1.